The van der Waals surface area contributed by atoms with Crippen molar-refractivity contribution in [2.45, 2.75) is 31.3 Å². The molecule has 1 aliphatic carbocycles. The third-order valence-corrected chi connectivity index (χ3v) is 5.96. The SMILES string of the molecule is CN(C(=O)CN1CCNCC1c1cccnc1)C1CCCc2ccccc21. The lowest BCUT2D eigenvalue weighted by atomic mass is 9.87. The molecule has 2 aromatic rings. The normalized spacial score (nSPS) is 22.9. The van der Waals surface area contributed by atoms with E-state index in [0.717, 1.165) is 38.9 Å². The summed E-state index contributed by atoms with van der Waals surface area (Å²) in [4.78, 5) is 21.7. The van der Waals surface area contributed by atoms with Crippen molar-refractivity contribution < 1.29 is 4.79 Å². The summed E-state index contributed by atoms with van der Waals surface area (Å²) >= 11 is 0. The number of carbonyl (C=O) groups excluding carboxylic acids is 1. The van der Waals surface area contributed by atoms with Crippen LogP contribution in [0.1, 0.15) is 41.6 Å². The molecule has 0 bridgehead atoms. The topological polar surface area (TPSA) is 48.5 Å². The second-order valence-electron chi connectivity index (χ2n) is 7.59. The first-order valence-corrected chi connectivity index (χ1v) is 9.92. The molecular weight excluding hydrogens is 336 g/mol. The molecule has 0 saturated carbocycles. The Morgan fingerprint density at radius 2 is 2.19 bits per heavy atom. The van der Waals surface area contributed by atoms with E-state index in [2.05, 4.69) is 45.5 Å². The van der Waals surface area contributed by atoms with Crippen LogP contribution < -0.4 is 5.32 Å². The fraction of sp³-hybridized carbons (Fsp3) is 0.455. The van der Waals surface area contributed by atoms with Gasteiger partial charge in [-0.1, -0.05) is 30.3 Å². The van der Waals surface area contributed by atoms with Crippen molar-refractivity contribution in [1.82, 2.24) is 20.1 Å². The van der Waals surface area contributed by atoms with Gasteiger partial charge in [-0.05, 0) is 42.0 Å². The minimum Gasteiger partial charge on any atom is -0.338 e. The Labute approximate surface area is 161 Å². The Kier molecular flexibility index (Phi) is 5.50. The first kappa shape index (κ1) is 18.1. The maximum atomic E-state index is 13.1. The highest BCUT2D eigenvalue weighted by molar-refractivity contribution is 5.78. The summed E-state index contributed by atoms with van der Waals surface area (Å²) in [5.41, 5.74) is 3.88. The zero-order valence-electron chi connectivity index (χ0n) is 16.0. The molecular formula is C22H28N4O. The fourth-order valence-corrected chi connectivity index (χ4v) is 4.43. The Morgan fingerprint density at radius 1 is 1.30 bits per heavy atom. The van der Waals surface area contributed by atoms with Crippen LogP contribution in [0.5, 0.6) is 0 Å². The third-order valence-electron chi connectivity index (χ3n) is 5.96. The number of aromatic nitrogens is 1. The highest BCUT2D eigenvalue weighted by Crippen LogP contribution is 2.33. The summed E-state index contributed by atoms with van der Waals surface area (Å²) in [7, 11) is 1.97. The maximum absolute atomic E-state index is 13.1. The van der Waals surface area contributed by atoms with Gasteiger partial charge in [0.15, 0.2) is 0 Å². The van der Waals surface area contributed by atoms with Gasteiger partial charge in [0.2, 0.25) is 5.91 Å². The van der Waals surface area contributed by atoms with Crippen molar-refractivity contribution in [3.63, 3.8) is 0 Å². The lowest BCUT2D eigenvalue weighted by Crippen LogP contribution is -2.50. The van der Waals surface area contributed by atoms with E-state index in [-0.39, 0.29) is 18.0 Å². The van der Waals surface area contributed by atoms with E-state index in [0.29, 0.717) is 6.54 Å². The van der Waals surface area contributed by atoms with Crippen molar-refractivity contribution in [3.05, 3.63) is 65.5 Å². The van der Waals surface area contributed by atoms with E-state index in [1.165, 1.54) is 16.7 Å². The molecule has 142 valence electrons. The molecule has 1 aliphatic heterocycles. The number of rotatable bonds is 4. The molecule has 4 rings (SSSR count). The molecule has 1 aromatic carbocycles. The lowest BCUT2D eigenvalue weighted by molar-refractivity contribution is -0.134. The van der Waals surface area contributed by atoms with Gasteiger partial charge >= 0.3 is 0 Å². The molecule has 0 spiro atoms. The number of hydrogen-bond acceptors (Lipinski definition) is 4. The monoisotopic (exact) mass is 364 g/mol. The molecule has 5 nitrogen and oxygen atoms in total. The van der Waals surface area contributed by atoms with Gasteiger partial charge in [0.05, 0.1) is 12.6 Å². The molecule has 5 heteroatoms. The van der Waals surface area contributed by atoms with Gasteiger partial charge in [-0.15, -0.1) is 0 Å². The fourth-order valence-electron chi connectivity index (χ4n) is 4.43. The van der Waals surface area contributed by atoms with Crippen LogP contribution in [-0.2, 0) is 11.2 Å². The minimum absolute atomic E-state index is 0.196. The van der Waals surface area contributed by atoms with Crippen molar-refractivity contribution in [1.29, 1.82) is 0 Å². The van der Waals surface area contributed by atoms with Crippen LogP contribution in [0.15, 0.2) is 48.8 Å². The first-order chi connectivity index (χ1) is 13.2. The average molecular weight is 364 g/mol. The third kappa shape index (κ3) is 3.89. The molecule has 2 aliphatic rings. The Balaban J connectivity index is 1.48. The second kappa shape index (κ2) is 8.19. The lowest BCUT2D eigenvalue weighted by Gasteiger charge is -2.38. The Hall–Kier alpha value is -2.24. The number of nitrogens with zero attached hydrogens (tertiary/aromatic N) is 3. The second-order valence-corrected chi connectivity index (χ2v) is 7.59. The van der Waals surface area contributed by atoms with Gasteiger partial charge in [0.1, 0.15) is 0 Å². The van der Waals surface area contributed by atoms with Crippen molar-refractivity contribution >= 4 is 5.91 Å². The molecule has 0 radical (unpaired) electrons. The first-order valence-electron chi connectivity index (χ1n) is 9.92. The quantitative estimate of drug-likeness (QED) is 0.906. The summed E-state index contributed by atoms with van der Waals surface area (Å²) in [6.45, 7) is 3.10. The van der Waals surface area contributed by atoms with Crippen molar-refractivity contribution in [2.75, 3.05) is 33.2 Å². The molecule has 1 fully saturated rings. The average Bonchev–Trinajstić information content (AvgIpc) is 2.74. The van der Waals surface area contributed by atoms with Gasteiger partial charge < -0.3 is 10.2 Å². The van der Waals surface area contributed by atoms with E-state index in [1.807, 2.05) is 24.2 Å². The maximum Gasteiger partial charge on any atom is 0.237 e. The van der Waals surface area contributed by atoms with Gasteiger partial charge in [0, 0.05) is 45.1 Å². The van der Waals surface area contributed by atoms with Gasteiger partial charge in [0.25, 0.3) is 0 Å². The zero-order valence-corrected chi connectivity index (χ0v) is 16.0. The van der Waals surface area contributed by atoms with Crippen LogP contribution in [0.25, 0.3) is 0 Å². The molecule has 1 saturated heterocycles. The number of hydrogen-bond donors (Lipinski definition) is 1. The van der Waals surface area contributed by atoms with Gasteiger partial charge in [-0.2, -0.15) is 0 Å². The van der Waals surface area contributed by atoms with Crippen LogP contribution in [0.4, 0.5) is 0 Å². The van der Waals surface area contributed by atoms with E-state index < -0.39 is 0 Å². The van der Waals surface area contributed by atoms with E-state index in [9.17, 15) is 4.79 Å². The van der Waals surface area contributed by atoms with Crippen LogP contribution in [0, 0.1) is 0 Å². The van der Waals surface area contributed by atoms with Crippen LogP contribution in [-0.4, -0.2) is 53.9 Å². The molecule has 2 unspecified atom stereocenters. The number of likely N-dealkylation sites (N-methyl/N-ethyl adjacent to an activating group) is 1. The predicted octanol–water partition coefficient (Wildman–Crippen LogP) is 2.56. The number of piperazine rings is 1. The molecule has 1 amide bonds. The number of nitrogens with one attached hydrogen (secondary N) is 1. The molecule has 27 heavy (non-hydrogen) atoms. The summed E-state index contributed by atoms with van der Waals surface area (Å²) in [5, 5.41) is 3.45. The number of carbonyl (C=O) groups is 1. The number of pyridine rings is 1. The molecule has 2 heterocycles. The summed E-state index contributed by atoms with van der Waals surface area (Å²) in [6, 6.07) is 13.0. The Morgan fingerprint density at radius 3 is 3.04 bits per heavy atom. The van der Waals surface area contributed by atoms with Gasteiger partial charge in [-0.25, -0.2) is 0 Å². The highest BCUT2D eigenvalue weighted by Gasteiger charge is 2.30. The number of fused-ring (bicyclic) bond motifs is 1. The smallest absolute Gasteiger partial charge is 0.237 e. The van der Waals surface area contributed by atoms with Crippen molar-refractivity contribution in [3.8, 4) is 0 Å². The summed E-state index contributed by atoms with van der Waals surface area (Å²) in [6.07, 6.45) is 7.02. The van der Waals surface area contributed by atoms with E-state index >= 15 is 0 Å². The predicted molar refractivity (Wildman–Crippen MR) is 106 cm³/mol. The standard InChI is InChI=1S/C22H28N4O/c1-25(20-10-4-7-17-6-2-3-9-19(17)20)22(27)16-26-13-12-24-15-21(26)18-8-5-11-23-14-18/h2-3,5-6,8-9,11,14,20-21,24H,4,7,10,12-13,15-16H2,1H3. The molecule has 1 aromatic heterocycles. The number of benzene rings is 1. The minimum atomic E-state index is 0.196. The van der Waals surface area contributed by atoms with Crippen molar-refractivity contribution in [2.24, 2.45) is 0 Å². The van der Waals surface area contributed by atoms with Crippen LogP contribution >= 0.6 is 0 Å². The Bertz CT molecular complexity index is 779. The van der Waals surface area contributed by atoms with Gasteiger partial charge in [-0.3, -0.25) is 14.7 Å². The molecule has 2 atom stereocenters. The zero-order chi connectivity index (χ0) is 18.6. The van der Waals surface area contributed by atoms with Crippen LogP contribution in [0.3, 0.4) is 0 Å². The highest BCUT2D eigenvalue weighted by atomic mass is 16.2. The summed E-state index contributed by atoms with van der Waals surface area (Å²) in [5.74, 6) is 0.201. The summed E-state index contributed by atoms with van der Waals surface area (Å²) < 4.78 is 0. The number of aryl methyl sites for hydroxylation is 1. The molecule has 1 N–H and O–H groups in total. The van der Waals surface area contributed by atoms with E-state index in [1.54, 1.807) is 6.20 Å². The van der Waals surface area contributed by atoms with E-state index in [4.69, 9.17) is 0 Å². The number of amides is 1. The largest absolute Gasteiger partial charge is 0.338 e. The van der Waals surface area contributed by atoms with Crippen LogP contribution in [0.2, 0.25) is 0 Å².